The summed E-state index contributed by atoms with van der Waals surface area (Å²) in [6.45, 7) is 4.59. The highest BCUT2D eigenvalue weighted by Crippen LogP contribution is 2.50. The predicted octanol–water partition coefficient (Wildman–Crippen LogP) is 13.3. The molecule has 52 heavy (non-hydrogen) atoms. The second kappa shape index (κ2) is 11.1. The summed E-state index contributed by atoms with van der Waals surface area (Å²) in [5.74, 6) is 0.0546. The van der Waals surface area contributed by atoms with Crippen molar-refractivity contribution in [3.63, 3.8) is 0 Å². The number of benzene rings is 7. The number of rotatable bonds is 2. The molecule has 0 aliphatic heterocycles. The van der Waals surface area contributed by atoms with Gasteiger partial charge in [-0.25, -0.2) is 0 Å². The summed E-state index contributed by atoms with van der Waals surface area (Å²) < 4.78 is 9.05. The van der Waals surface area contributed by atoms with Crippen molar-refractivity contribution in [1.29, 1.82) is 0 Å². The zero-order valence-electron chi connectivity index (χ0n) is 29.2. The first-order valence-corrected chi connectivity index (χ1v) is 18.3. The Kier molecular flexibility index (Phi) is 6.26. The van der Waals surface area contributed by atoms with Gasteiger partial charge in [0, 0.05) is 33.0 Å². The third-order valence-electron chi connectivity index (χ3n) is 11.6. The monoisotopic (exact) mass is 665 g/mol. The number of fused-ring (bicyclic) bond motifs is 11. The van der Waals surface area contributed by atoms with E-state index in [1.165, 1.54) is 93.8 Å². The van der Waals surface area contributed by atoms with Crippen LogP contribution < -0.4 is 0 Å². The molecule has 0 saturated heterocycles. The van der Waals surface area contributed by atoms with Gasteiger partial charge >= 0.3 is 0 Å². The van der Waals surface area contributed by atoms with Gasteiger partial charge in [0.2, 0.25) is 0 Å². The van der Waals surface area contributed by atoms with E-state index in [2.05, 4.69) is 170 Å². The third kappa shape index (κ3) is 4.25. The van der Waals surface area contributed by atoms with Crippen LogP contribution in [0.3, 0.4) is 0 Å². The van der Waals surface area contributed by atoms with Crippen molar-refractivity contribution in [3.8, 4) is 11.1 Å². The van der Waals surface area contributed by atoms with Crippen LogP contribution in [0.15, 0.2) is 167 Å². The molecule has 0 saturated carbocycles. The maximum atomic E-state index is 6.50. The van der Waals surface area contributed by atoms with E-state index in [0.29, 0.717) is 0 Å². The van der Waals surface area contributed by atoms with Crippen molar-refractivity contribution >= 4 is 65.8 Å². The van der Waals surface area contributed by atoms with Crippen molar-refractivity contribution in [2.45, 2.75) is 32.6 Å². The van der Waals surface area contributed by atoms with Gasteiger partial charge in [-0.15, -0.1) is 5.73 Å². The predicted molar refractivity (Wildman–Crippen MR) is 218 cm³/mol. The lowest BCUT2D eigenvalue weighted by molar-refractivity contribution is 0.667. The van der Waals surface area contributed by atoms with Crippen molar-refractivity contribution in [3.05, 3.63) is 185 Å². The van der Waals surface area contributed by atoms with E-state index in [9.17, 15) is 0 Å². The fourth-order valence-electron chi connectivity index (χ4n) is 9.29. The topological polar surface area (TPSA) is 18.1 Å². The average molecular weight is 666 g/mol. The molecule has 11 rings (SSSR count). The summed E-state index contributed by atoms with van der Waals surface area (Å²) >= 11 is 0. The first kappa shape index (κ1) is 29.4. The molecular weight excluding hydrogens is 631 g/mol. The van der Waals surface area contributed by atoms with Crippen LogP contribution in [-0.4, -0.2) is 4.57 Å². The Bertz CT molecular complexity index is 3030. The van der Waals surface area contributed by atoms with Crippen molar-refractivity contribution in [2.75, 3.05) is 0 Å². The highest BCUT2D eigenvalue weighted by atomic mass is 16.3. The van der Waals surface area contributed by atoms with Gasteiger partial charge in [-0.3, -0.25) is 0 Å². The molecule has 9 aromatic rings. The minimum Gasteiger partial charge on any atom is -0.456 e. The van der Waals surface area contributed by atoms with Gasteiger partial charge < -0.3 is 8.98 Å². The second-order valence-corrected chi connectivity index (χ2v) is 14.6. The van der Waals surface area contributed by atoms with Crippen LogP contribution in [0, 0.1) is 0 Å². The number of hydrogen-bond acceptors (Lipinski definition) is 1. The Morgan fingerprint density at radius 1 is 0.558 bits per heavy atom. The van der Waals surface area contributed by atoms with Crippen LogP contribution in [0.2, 0.25) is 0 Å². The van der Waals surface area contributed by atoms with Gasteiger partial charge in [0.15, 0.2) is 0 Å². The van der Waals surface area contributed by atoms with Gasteiger partial charge in [0.1, 0.15) is 11.2 Å². The van der Waals surface area contributed by atoms with E-state index in [0.717, 1.165) is 29.4 Å². The zero-order chi connectivity index (χ0) is 34.5. The molecule has 0 N–H and O–H groups in total. The van der Waals surface area contributed by atoms with Crippen LogP contribution in [0.1, 0.15) is 42.0 Å². The van der Waals surface area contributed by atoms with Gasteiger partial charge in [-0.1, -0.05) is 103 Å². The summed E-state index contributed by atoms with van der Waals surface area (Å²) in [5, 5.41) is 7.40. The summed E-state index contributed by atoms with van der Waals surface area (Å²) in [4.78, 5) is 0. The normalized spacial score (nSPS) is 17.2. The molecule has 7 aromatic carbocycles. The first-order chi connectivity index (χ1) is 25.6. The van der Waals surface area contributed by atoms with E-state index >= 15 is 0 Å². The molecule has 2 aromatic heterocycles. The van der Waals surface area contributed by atoms with Crippen LogP contribution in [-0.2, 0) is 12.8 Å². The minimum absolute atomic E-state index is 0.0546. The SMILES string of the molecule is CC1=C=C(C2Cc3cc4oc5ccccc5c4cc3-c3cc4ccccc4cc32)/C(n2c3ccccc3c3ccccc32)=C(/C)Cc2ccccc21. The second-order valence-electron chi connectivity index (χ2n) is 14.6. The van der Waals surface area contributed by atoms with E-state index in [-0.39, 0.29) is 5.92 Å². The molecule has 2 nitrogen and oxygen atoms in total. The van der Waals surface area contributed by atoms with Gasteiger partial charge in [-0.05, 0) is 124 Å². The first-order valence-electron chi connectivity index (χ1n) is 18.3. The number of aromatic nitrogens is 1. The van der Waals surface area contributed by atoms with Crippen molar-refractivity contribution in [2.24, 2.45) is 0 Å². The van der Waals surface area contributed by atoms with Gasteiger partial charge in [-0.2, -0.15) is 0 Å². The van der Waals surface area contributed by atoms with Crippen LogP contribution in [0.25, 0.3) is 76.9 Å². The molecule has 2 heteroatoms. The molecule has 0 spiro atoms. The van der Waals surface area contributed by atoms with Gasteiger partial charge in [0.05, 0.1) is 16.7 Å². The van der Waals surface area contributed by atoms with E-state index in [1.807, 2.05) is 0 Å². The fourth-order valence-corrected chi connectivity index (χ4v) is 9.29. The third-order valence-corrected chi connectivity index (χ3v) is 11.6. The van der Waals surface area contributed by atoms with Crippen molar-refractivity contribution < 1.29 is 4.42 Å². The molecule has 1 unspecified atom stereocenters. The number of allylic oxidation sites excluding steroid dienone is 3. The van der Waals surface area contributed by atoms with E-state index in [1.54, 1.807) is 0 Å². The van der Waals surface area contributed by atoms with Crippen LogP contribution >= 0.6 is 0 Å². The summed E-state index contributed by atoms with van der Waals surface area (Å²) in [6.07, 6.45) is 1.71. The molecule has 2 aliphatic rings. The molecular formula is C50H35NO. The Labute approximate surface area is 302 Å². The van der Waals surface area contributed by atoms with Crippen molar-refractivity contribution in [1.82, 2.24) is 4.57 Å². The summed E-state index contributed by atoms with van der Waals surface area (Å²) in [6, 6.07) is 53.5. The maximum Gasteiger partial charge on any atom is 0.135 e. The Morgan fingerprint density at radius 2 is 1.21 bits per heavy atom. The van der Waals surface area contributed by atoms with Crippen LogP contribution in [0.4, 0.5) is 0 Å². The molecule has 246 valence electrons. The van der Waals surface area contributed by atoms with E-state index in [4.69, 9.17) is 4.42 Å². The smallest absolute Gasteiger partial charge is 0.135 e. The lowest BCUT2D eigenvalue weighted by Crippen LogP contribution is -2.18. The Hall–Kier alpha value is -6.34. The molecule has 0 bridgehead atoms. The highest BCUT2D eigenvalue weighted by Gasteiger charge is 2.33. The molecule has 0 fully saturated rings. The number of nitrogens with zero attached hydrogens (tertiary/aromatic N) is 1. The summed E-state index contributed by atoms with van der Waals surface area (Å²) in [5.41, 5.74) is 21.4. The fraction of sp³-hybridized carbons (Fsp3) is 0.100. The Balaban J connectivity index is 1.25. The van der Waals surface area contributed by atoms with E-state index < -0.39 is 0 Å². The molecule has 0 radical (unpaired) electrons. The standard InChI is InChI=1S/C50H35NO/c1-30-24-45(50(31(2)23-34-15-5-6-16-36(30)34)51-46-20-10-7-17-37(46)38-18-8-11-21-47(38)51)43-27-35-28-49-44(39-19-9-12-22-48(39)52-49)29-40(35)41-25-32-13-3-4-14-33(32)26-42(41)43/h3-22,25-26,28-29,43H,23,27H2,1-2H3/b50-31+. The molecule has 0 amide bonds. The quantitative estimate of drug-likeness (QED) is 0.168. The molecule has 2 heterocycles. The highest BCUT2D eigenvalue weighted by molar-refractivity contribution is 6.11. The number of para-hydroxylation sites is 3. The Morgan fingerprint density at radius 3 is 2.00 bits per heavy atom. The lowest BCUT2D eigenvalue weighted by atomic mass is 9.72. The average Bonchev–Trinajstić information content (AvgIpc) is 3.71. The minimum atomic E-state index is 0.0546. The maximum absolute atomic E-state index is 6.50. The van der Waals surface area contributed by atoms with Crippen LogP contribution in [0.5, 0.6) is 0 Å². The van der Waals surface area contributed by atoms with Gasteiger partial charge in [0.25, 0.3) is 0 Å². The lowest BCUT2D eigenvalue weighted by Gasteiger charge is -2.32. The largest absolute Gasteiger partial charge is 0.456 e. The molecule has 2 aliphatic carbocycles. The zero-order valence-corrected chi connectivity index (χ0v) is 29.2. The molecule has 1 atom stereocenters. The number of furan rings is 1. The summed E-state index contributed by atoms with van der Waals surface area (Å²) in [7, 11) is 0. The number of hydrogen-bond donors (Lipinski definition) is 0.